The van der Waals surface area contributed by atoms with Gasteiger partial charge in [0.2, 0.25) is 5.91 Å². The molecule has 4 nitrogen and oxygen atoms in total. The number of allylic oxidation sites excluding steroid dienone is 2. The lowest BCUT2D eigenvalue weighted by molar-refractivity contribution is -0.131. The van der Waals surface area contributed by atoms with E-state index < -0.39 is 12.2 Å². The first-order valence-corrected chi connectivity index (χ1v) is 10.6. The molecule has 1 amide bonds. The van der Waals surface area contributed by atoms with E-state index >= 15 is 0 Å². The van der Waals surface area contributed by atoms with Crippen molar-refractivity contribution in [2.75, 3.05) is 26.2 Å². The first-order chi connectivity index (χ1) is 12.9. The van der Waals surface area contributed by atoms with Gasteiger partial charge in [-0.25, -0.2) is 4.39 Å². The van der Waals surface area contributed by atoms with Gasteiger partial charge in [-0.15, -0.1) is 0 Å². The van der Waals surface area contributed by atoms with E-state index in [9.17, 15) is 9.18 Å². The van der Waals surface area contributed by atoms with Crippen LogP contribution in [-0.2, 0) is 4.79 Å². The Morgan fingerprint density at radius 3 is 2.81 bits per heavy atom. The summed E-state index contributed by atoms with van der Waals surface area (Å²) in [5, 5.41) is 9.15. The van der Waals surface area contributed by atoms with Gasteiger partial charge in [-0.1, -0.05) is 25.5 Å². The van der Waals surface area contributed by atoms with Crippen molar-refractivity contribution in [2.24, 2.45) is 16.7 Å². The van der Waals surface area contributed by atoms with Gasteiger partial charge >= 0.3 is 0 Å². The Morgan fingerprint density at radius 2 is 2.11 bits per heavy atom. The highest BCUT2D eigenvalue weighted by atomic mass is 19.1. The Hall–Kier alpha value is -1.41. The second kappa shape index (κ2) is 6.88. The van der Waals surface area contributed by atoms with Crippen LogP contribution in [0.15, 0.2) is 11.6 Å². The van der Waals surface area contributed by atoms with E-state index in [4.69, 9.17) is 5.26 Å². The highest BCUT2D eigenvalue weighted by molar-refractivity contribution is 5.78. The molecule has 4 atom stereocenters. The summed E-state index contributed by atoms with van der Waals surface area (Å²) in [7, 11) is 0. The lowest BCUT2D eigenvalue weighted by atomic mass is 9.70. The maximum atomic E-state index is 13.6. The van der Waals surface area contributed by atoms with Crippen LogP contribution >= 0.6 is 0 Å². The first-order valence-electron chi connectivity index (χ1n) is 10.6. The van der Waals surface area contributed by atoms with E-state index in [1.807, 2.05) is 0 Å². The zero-order chi connectivity index (χ0) is 19.2. The van der Waals surface area contributed by atoms with Gasteiger partial charge in [-0.05, 0) is 56.5 Å². The van der Waals surface area contributed by atoms with Crippen LogP contribution in [0.4, 0.5) is 4.39 Å². The molecule has 4 unspecified atom stereocenters. The van der Waals surface area contributed by atoms with Gasteiger partial charge in [-0.3, -0.25) is 4.79 Å². The number of halogens is 1. The third-order valence-corrected chi connectivity index (χ3v) is 7.97. The number of alkyl halides is 1. The second-order valence-corrected chi connectivity index (χ2v) is 9.63. The van der Waals surface area contributed by atoms with E-state index in [-0.39, 0.29) is 29.7 Å². The molecule has 1 saturated carbocycles. The molecule has 0 aromatic carbocycles. The molecule has 2 heterocycles. The number of carbonyl (C=O) groups is 1. The number of hydrogen-bond acceptors (Lipinski definition) is 3. The molecule has 0 aromatic rings. The van der Waals surface area contributed by atoms with Gasteiger partial charge in [0, 0.05) is 24.8 Å². The van der Waals surface area contributed by atoms with Crippen LogP contribution in [0.25, 0.3) is 0 Å². The Bertz CT molecular complexity index is 676. The van der Waals surface area contributed by atoms with Crippen LogP contribution in [0, 0.1) is 28.1 Å². The quantitative estimate of drug-likeness (QED) is 0.691. The average Bonchev–Trinajstić information content (AvgIpc) is 2.92. The predicted octanol–water partition coefficient (Wildman–Crippen LogP) is 3.69. The summed E-state index contributed by atoms with van der Waals surface area (Å²) in [6, 6.07) is 1.50. The van der Waals surface area contributed by atoms with Crippen LogP contribution in [0.5, 0.6) is 0 Å². The maximum absolute atomic E-state index is 13.6. The molecular weight excluding hydrogens is 341 g/mol. The summed E-state index contributed by atoms with van der Waals surface area (Å²) in [5.41, 5.74) is 1.88. The van der Waals surface area contributed by atoms with Crippen molar-refractivity contribution in [3.05, 3.63) is 11.6 Å². The van der Waals surface area contributed by atoms with E-state index in [1.165, 1.54) is 55.8 Å². The lowest BCUT2D eigenvalue weighted by Crippen LogP contribution is -2.36. The summed E-state index contributed by atoms with van der Waals surface area (Å²) in [6.45, 7) is 8.62. The third kappa shape index (κ3) is 3.20. The Kier molecular flexibility index (Phi) is 4.83. The smallest absolute Gasteiger partial charge is 0.224 e. The van der Waals surface area contributed by atoms with Crippen molar-refractivity contribution in [3.63, 3.8) is 0 Å². The van der Waals surface area contributed by atoms with Crippen molar-refractivity contribution in [3.8, 4) is 6.07 Å². The number of likely N-dealkylation sites (tertiary alicyclic amines) is 2. The molecule has 2 aliphatic heterocycles. The molecule has 0 aromatic heterocycles. The molecule has 4 aliphatic rings. The number of hydrogen-bond donors (Lipinski definition) is 0. The van der Waals surface area contributed by atoms with Crippen molar-refractivity contribution in [1.29, 1.82) is 5.26 Å². The zero-order valence-corrected chi connectivity index (χ0v) is 16.7. The van der Waals surface area contributed by atoms with E-state index in [0.717, 1.165) is 6.42 Å². The normalized spacial score (nSPS) is 37.6. The van der Waals surface area contributed by atoms with E-state index in [1.54, 1.807) is 0 Å². The number of nitriles is 1. The number of carbonyl (C=O) groups excluding carboxylic acids is 1. The molecule has 0 radical (unpaired) electrons. The monoisotopic (exact) mass is 373 g/mol. The van der Waals surface area contributed by atoms with Gasteiger partial charge in [0.25, 0.3) is 0 Å². The van der Waals surface area contributed by atoms with Gasteiger partial charge < -0.3 is 9.80 Å². The molecule has 1 spiro atoms. The average molecular weight is 374 g/mol. The molecule has 4 rings (SSSR count). The largest absolute Gasteiger partial charge is 0.324 e. The zero-order valence-electron chi connectivity index (χ0n) is 16.7. The highest BCUT2D eigenvalue weighted by Crippen LogP contribution is 2.69. The van der Waals surface area contributed by atoms with Crippen LogP contribution in [0.3, 0.4) is 0 Å². The Balaban J connectivity index is 1.31. The Labute approximate surface area is 162 Å². The molecule has 2 saturated heterocycles. The fraction of sp³-hybridized carbons (Fsp3) is 0.818. The molecule has 5 heteroatoms. The minimum atomic E-state index is -1.05. The predicted molar refractivity (Wildman–Crippen MR) is 103 cm³/mol. The Morgan fingerprint density at radius 1 is 1.37 bits per heavy atom. The first kappa shape index (κ1) is 18.9. The molecule has 2 aliphatic carbocycles. The topological polar surface area (TPSA) is 47.3 Å². The maximum Gasteiger partial charge on any atom is 0.224 e. The van der Waals surface area contributed by atoms with Crippen LogP contribution in [0.1, 0.15) is 58.8 Å². The van der Waals surface area contributed by atoms with Crippen molar-refractivity contribution < 1.29 is 9.18 Å². The minimum absolute atomic E-state index is 0.0610. The number of amides is 1. The van der Waals surface area contributed by atoms with Crippen LogP contribution in [-0.4, -0.2) is 54.1 Å². The SMILES string of the molecule is CC1(C)C(CN2CCCC2)CCC12C=C2CCC(=O)N1CC(F)CC1C#N. The van der Waals surface area contributed by atoms with Gasteiger partial charge in [0.15, 0.2) is 0 Å². The van der Waals surface area contributed by atoms with Crippen molar-refractivity contribution >= 4 is 5.91 Å². The summed E-state index contributed by atoms with van der Waals surface area (Å²) in [5.74, 6) is 0.656. The summed E-state index contributed by atoms with van der Waals surface area (Å²) in [6.07, 6.45) is 7.85. The number of nitrogens with zero attached hydrogens (tertiary/aromatic N) is 3. The van der Waals surface area contributed by atoms with E-state index in [2.05, 4.69) is 30.9 Å². The number of rotatable bonds is 5. The summed E-state index contributed by atoms with van der Waals surface area (Å²) in [4.78, 5) is 16.6. The standard InChI is InChI=1S/C22H32FN3O/c1-21(2)17(14-25-9-3-4-10-25)7-8-22(21)12-16(22)5-6-20(27)26-15-18(23)11-19(26)13-24/h12,17-19H,3-11,14-15H2,1-2H3. The molecule has 0 N–H and O–H groups in total. The molecule has 148 valence electrons. The third-order valence-electron chi connectivity index (χ3n) is 7.97. The minimum Gasteiger partial charge on any atom is -0.324 e. The highest BCUT2D eigenvalue weighted by Gasteiger charge is 2.61. The molecule has 27 heavy (non-hydrogen) atoms. The van der Waals surface area contributed by atoms with Gasteiger partial charge in [0.05, 0.1) is 12.6 Å². The van der Waals surface area contributed by atoms with E-state index in [0.29, 0.717) is 12.3 Å². The lowest BCUT2D eigenvalue weighted by Gasteiger charge is -2.37. The van der Waals surface area contributed by atoms with Crippen LogP contribution < -0.4 is 0 Å². The molecule has 3 fully saturated rings. The summed E-state index contributed by atoms with van der Waals surface area (Å²) >= 11 is 0. The van der Waals surface area contributed by atoms with Crippen molar-refractivity contribution in [2.45, 2.75) is 71.0 Å². The van der Waals surface area contributed by atoms with Gasteiger partial charge in [-0.2, -0.15) is 5.26 Å². The fourth-order valence-corrected chi connectivity index (χ4v) is 6.00. The molecule has 0 bridgehead atoms. The summed E-state index contributed by atoms with van der Waals surface area (Å²) < 4.78 is 13.6. The van der Waals surface area contributed by atoms with Crippen LogP contribution in [0.2, 0.25) is 0 Å². The van der Waals surface area contributed by atoms with Crippen molar-refractivity contribution in [1.82, 2.24) is 9.80 Å². The fourth-order valence-electron chi connectivity index (χ4n) is 6.00. The second-order valence-electron chi connectivity index (χ2n) is 9.63. The molecular formula is C22H32FN3O. The van der Waals surface area contributed by atoms with Gasteiger partial charge in [0.1, 0.15) is 12.2 Å².